The van der Waals surface area contributed by atoms with Crippen LogP contribution in [0.2, 0.25) is 0 Å². The Balaban J connectivity index is 1.23. The van der Waals surface area contributed by atoms with E-state index in [1.54, 1.807) is 19.1 Å². The van der Waals surface area contributed by atoms with Gasteiger partial charge < -0.3 is 14.4 Å². The number of hydrogen-bond donors (Lipinski definition) is 0. The maximum absolute atomic E-state index is 13.9. The molecule has 0 radical (unpaired) electrons. The molecule has 1 aliphatic carbocycles. The number of pyridine rings is 2. The van der Waals surface area contributed by atoms with E-state index in [-0.39, 0.29) is 12.5 Å². The quantitative estimate of drug-likeness (QED) is 0.548. The van der Waals surface area contributed by atoms with Gasteiger partial charge in [-0.05, 0) is 61.8 Å². The van der Waals surface area contributed by atoms with Crippen LogP contribution in [-0.4, -0.2) is 72.2 Å². The summed E-state index contributed by atoms with van der Waals surface area (Å²) in [5.74, 6) is 1.07. The highest BCUT2D eigenvalue weighted by Crippen LogP contribution is 2.41. The van der Waals surface area contributed by atoms with Gasteiger partial charge in [0, 0.05) is 63.4 Å². The van der Waals surface area contributed by atoms with Crippen LogP contribution < -0.4 is 4.74 Å². The summed E-state index contributed by atoms with van der Waals surface area (Å²) in [6.07, 6.45) is 3.72. The van der Waals surface area contributed by atoms with E-state index in [9.17, 15) is 18.0 Å². The summed E-state index contributed by atoms with van der Waals surface area (Å²) in [6, 6.07) is 5.55. The van der Waals surface area contributed by atoms with Crippen molar-refractivity contribution in [2.24, 2.45) is 5.41 Å². The summed E-state index contributed by atoms with van der Waals surface area (Å²) < 4.78 is 50.4. The number of nitrogens with zero attached hydrogens (tertiary/aromatic N) is 4. The Bertz CT molecular complexity index is 1140. The zero-order chi connectivity index (χ0) is 26.9. The van der Waals surface area contributed by atoms with Crippen molar-refractivity contribution in [1.82, 2.24) is 19.8 Å². The van der Waals surface area contributed by atoms with Gasteiger partial charge in [0.1, 0.15) is 0 Å². The maximum Gasteiger partial charge on any atom is 0.417 e. The number of methoxy groups -OCH3 is 2. The maximum atomic E-state index is 13.9. The second kappa shape index (κ2) is 10.8. The molecule has 2 aromatic rings. The molecule has 1 unspecified atom stereocenters. The highest BCUT2D eigenvalue weighted by Gasteiger charge is 2.49. The molecule has 2 aliphatic heterocycles. The van der Waals surface area contributed by atoms with E-state index in [0.717, 1.165) is 44.5 Å². The summed E-state index contributed by atoms with van der Waals surface area (Å²) in [6.45, 7) is 2.34. The van der Waals surface area contributed by atoms with Crippen molar-refractivity contribution >= 4 is 5.91 Å². The molecular weight excluding hydrogens is 497 g/mol. The zero-order valence-corrected chi connectivity index (χ0v) is 22.0. The minimum atomic E-state index is -4.46. The molecule has 4 heterocycles. The molecule has 7 nitrogen and oxygen atoms in total. The fourth-order valence-corrected chi connectivity index (χ4v) is 6.46. The molecule has 1 saturated heterocycles. The van der Waals surface area contributed by atoms with E-state index in [1.165, 1.54) is 5.56 Å². The number of ether oxygens (including phenoxy) is 2. The number of hydrogen-bond acceptors (Lipinski definition) is 6. The fourth-order valence-electron chi connectivity index (χ4n) is 6.46. The van der Waals surface area contributed by atoms with E-state index < -0.39 is 17.2 Å². The van der Waals surface area contributed by atoms with Crippen LogP contribution in [0, 0.1) is 5.41 Å². The minimum absolute atomic E-state index is 0.0251. The lowest BCUT2D eigenvalue weighted by Crippen LogP contribution is -2.50. The lowest BCUT2D eigenvalue weighted by atomic mass is 9.81. The highest BCUT2D eigenvalue weighted by atomic mass is 19.4. The molecule has 1 saturated carbocycles. The molecule has 1 amide bonds. The van der Waals surface area contributed by atoms with Crippen LogP contribution in [0.4, 0.5) is 13.2 Å². The van der Waals surface area contributed by atoms with Gasteiger partial charge in [-0.25, -0.2) is 4.98 Å². The third kappa shape index (κ3) is 5.38. The van der Waals surface area contributed by atoms with Crippen molar-refractivity contribution in [3.8, 4) is 5.88 Å². The molecule has 5 rings (SSSR count). The van der Waals surface area contributed by atoms with Crippen LogP contribution >= 0.6 is 0 Å². The number of halogens is 3. The molecule has 0 bridgehead atoms. The Labute approximate surface area is 221 Å². The number of carbonyl (C=O) groups is 1. The van der Waals surface area contributed by atoms with Gasteiger partial charge in [0.2, 0.25) is 11.8 Å². The Morgan fingerprint density at radius 3 is 2.55 bits per heavy atom. The van der Waals surface area contributed by atoms with Crippen molar-refractivity contribution in [3.05, 3.63) is 53.0 Å². The van der Waals surface area contributed by atoms with Crippen LogP contribution in [0.5, 0.6) is 5.88 Å². The van der Waals surface area contributed by atoms with E-state index in [4.69, 9.17) is 9.47 Å². The normalized spacial score (nSPS) is 26.3. The van der Waals surface area contributed by atoms with Crippen molar-refractivity contribution in [2.75, 3.05) is 40.5 Å². The first-order chi connectivity index (χ1) is 18.2. The molecule has 38 heavy (non-hydrogen) atoms. The van der Waals surface area contributed by atoms with Gasteiger partial charge in [-0.15, -0.1) is 0 Å². The van der Waals surface area contributed by atoms with Gasteiger partial charge in [0.25, 0.3) is 0 Å². The SMILES string of the molecule is COCC1(C(=O)N2CCc3ncc(C(F)(F)F)cc3C2)CCN(C2CCC(c3ccc(OC)nc3)CC2)C1. The Morgan fingerprint density at radius 1 is 1.11 bits per heavy atom. The lowest BCUT2D eigenvalue weighted by molar-refractivity contribution is -0.145. The fraction of sp³-hybridized carbons (Fsp3) is 0.607. The molecule has 1 atom stereocenters. The van der Waals surface area contributed by atoms with Gasteiger partial charge in [-0.3, -0.25) is 14.7 Å². The molecule has 10 heteroatoms. The largest absolute Gasteiger partial charge is 0.481 e. The second-order valence-corrected chi connectivity index (χ2v) is 10.9. The Kier molecular flexibility index (Phi) is 7.64. The Morgan fingerprint density at radius 2 is 1.89 bits per heavy atom. The first kappa shape index (κ1) is 26.9. The predicted octanol–water partition coefficient (Wildman–Crippen LogP) is 4.45. The standard InChI is InChI=1S/C28H35F3N4O3/c1-37-18-27(26(36)34-11-9-24-21(16-34)13-22(15-32-24)28(29,30)31)10-12-35(17-27)23-6-3-19(4-7-23)20-5-8-25(38-2)33-14-20/h5,8,13-15,19,23H,3-4,6-7,9-12,16-18H2,1-2H3. The molecule has 0 N–H and O–H groups in total. The summed E-state index contributed by atoms with van der Waals surface area (Å²) in [7, 11) is 3.22. The average molecular weight is 533 g/mol. The minimum Gasteiger partial charge on any atom is -0.481 e. The Hall–Kier alpha value is -2.72. The predicted molar refractivity (Wildman–Crippen MR) is 135 cm³/mol. The third-order valence-electron chi connectivity index (χ3n) is 8.56. The smallest absolute Gasteiger partial charge is 0.417 e. The van der Waals surface area contributed by atoms with Gasteiger partial charge in [0.15, 0.2) is 0 Å². The second-order valence-electron chi connectivity index (χ2n) is 10.9. The summed E-state index contributed by atoms with van der Waals surface area (Å²) >= 11 is 0. The molecule has 206 valence electrons. The number of amides is 1. The number of rotatable bonds is 6. The zero-order valence-electron chi connectivity index (χ0n) is 22.0. The van der Waals surface area contributed by atoms with Gasteiger partial charge in [-0.1, -0.05) is 6.07 Å². The number of alkyl halides is 3. The van der Waals surface area contributed by atoms with Crippen molar-refractivity contribution in [1.29, 1.82) is 0 Å². The number of carbonyl (C=O) groups excluding carboxylic acids is 1. The van der Waals surface area contributed by atoms with E-state index in [1.807, 2.05) is 12.3 Å². The summed E-state index contributed by atoms with van der Waals surface area (Å²) in [4.78, 5) is 26.4. The number of aromatic nitrogens is 2. The van der Waals surface area contributed by atoms with Crippen LogP contribution in [0.15, 0.2) is 30.6 Å². The topological polar surface area (TPSA) is 67.8 Å². The summed E-state index contributed by atoms with van der Waals surface area (Å²) in [5, 5.41) is 0. The molecule has 2 fully saturated rings. The summed E-state index contributed by atoms with van der Waals surface area (Å²) in [5.41, 5.74) is 0.902. The van der Waals surface area contributed by atoms with Crippen molar-refractivity contribution in [3.63, 3.8) is 0 Å². The van der Waals surface area contributed by atoms with Crippen LogP contribution in [0.1, 0.15) is 60.4 Å². The number of fused-ring (bicyclic) bond motifs is 1. The molecule has 2 aromatic heterocycles. The van der Waals surface area contributed by atoms with Crippen molar-refractivity contribution < 1.29 is 27.4 Å². The van der Waals surface area contributed by atoms with E-state index >= 15 is 0 Å². The third-order valence-corrected chi connectivity index (χ3v) is 8.56. The highest BCUT2D eigenvalue weighted by molar-refractivity contribution is 5.84. The molecule has 0 spiro atoms. The first-order valence-electron chi connectivity index (χ1n) is 13.3. The molecule has 3 aliphatic rings. The number of likely N-dealkylation sites (tertiary alicyclic amines) is 1. The van der Waals surface area contributed by atoms with E-state index in [0.29, 0.717) is 61.6 Å². The monoisotopic (exact) mass is 532 g/mol. The van der Waals surface area contributed by atoms with Gasteiger partial charge in [-0.2, -0.15) is 13.2 Å². The lowest BCUT2D eigenvalue weighted by Gasteiger charge is -2.38. The molecule has 0 aromatic carbocycles. The van der Waals surface area contributed by atoms with Crippen LogP contribution in [0.3, 0.4) is 0 Å². The van der Waals surface area contributed by atoms with Gasteiger partial charge >= 0.3 is 6.18 Å². The van der Waals surface area contributed by atoms with E-state index in [2.05, 4.69) is 20.9 Å². The average Bonchev–Trinajstić information content (AvgIpc) is 3.37. The first-order valence-corrected chi connectivity index (χ1v) is 13.3. The van der Waals surface area contributed by atoms with Crippen molar-refractivity contribution in [2.45, 2.75) is 63.2 Å². The van der Waals surface area contributed by atoms with Crippen LogP contribution in [0.25, 0.3) is 0 Å². The van der Waals surface area contributed by atoms with Gasteiger partial charge in [0.05, 0.1) is 24.7 Å². The molecular formula is C28H35F3N4O3. The van der Waals surface area contributed by atoms with Crippen LogP contribution in [-0.2, 0) is 28.7 Å².